The van der Waals surface area contributed by atoms with E-state index >= 15 is 0 Å². The summed E-state index contributed by atoms with van der Waals surface area (Å²) in [6.07, 6.45) is 1.02. The second-order valence-corrected chi connectivity index (χ2v) is 6.29. The molecule has 1 aromatic rings. The Morgan fingerprint density at radius 3 is 1.88 bits per heavy atom. The van der Waals surface area contributed by atoms with Crippen molar-refractivity contribution in [2.75, 3.05) is 0 Å². The highest BCUT2D eigenvalue weighted by molar-refractivity contribution is 6.01. The zero-order valence-electron chi connectivity index (χ0n) is 11.5. The van der Waals surface area contributed by atoms with Crippen molar-refractivity contribution in [2.24, 2.45) is 16.7 Å². The van der Waals surface area contributed by atoms with Gasteiger partial charge in [0.25, 0.3) is 0 Å². The predicted molar refractivity (Wildman–Crippen MR) is 71.2 cm³/mol. The highest BCUT2D eigenvalue weighted by atomic mass is 16.1. The molecule has 92 valence electrons. The third kappa shape index (κ3) is 1.72. The van der Waals surface area contributed by atoms with Crippen molar-refractivity contribution in [3.05, 3.63) is 35.4 Å². The van der Waals surface area contributed by atoms with Gasteiger partial charge in [-0.25, -0.2) is 0 Å². The van der Waals surface area contributed by atoms with Crippen molar-refractivity contribution in [1.82, 2.24) is 0 Å². The van der Waals surface area contributed by atoms with Crippen molar-refractivity contribution in [1.29, 1.82) is 0 Å². The number of Topliss-reactive ketones (excluding diaryl/α,β-unsaturated/α-hetero) is 1. The molecule has 1 aliphatic carbocycles. The number of ketones is 1. The maximum absolute atomic E-state index is 12.4. The molecule has 1 nitrogen and oxygen atoms in total. The number of carbonyl (C=O) groups excluding carboxylic acids is 1. The second kappa shape index (κ2) is 3.69. The van der Waals surface area contributed by atoms with Gasteiger partial charge in [0.05, 0.1) is 0 Å². The summed E-state index contributed by atoms with van der Waals surface area (Å²) in [5, 5.41) is 0. The highest BCUT2D eigenvalue weighted by Gasteiger charge is 2.67. The van der Waals surface area contributed by atoms with Gasteiger partial charge in [-0.15, -0.1) is 0 Å². The zero-order chi connectivity index (χ0) is 12.8. The van der Waals surface area contributed by atoms with Gasteiger partial charge < -0.3 is 0 Å². The molecule has 0 saturated heterocycles. The molecular formula is C16H22O. The Labute approximate surface area is 104 Å². The summed E-state index contributed by atoms with van der Waals surface area (Å²) < 4.78 is 0. The first-order chi connectivity index (χ1) is 7.82. The van der Waals surface area contributed by atoms with Crippen molar-refractivity contribution in [3.8, 4) is 0 Å². The Bertz CT molecular complexity index is 423. The Morgan fingerprint density at radius 1 is 1.06 bits per heavy atom. The minimum absolute atomic E-state index is 0.132. The Balaban J connectivity index is 2.22. The van der Waals surface area contributed by atoms with E-state index in [2.05, 4.69) is 46.8 Å². The molecule has 1 saturated carbocycles. The van der Waals surface area contributed by atoms with E-state index in [9.17, 15) is 4.79 Å². The van der Waals surface area contributed by atoms with Crippen LogP contribution in [0.25, 0.3) is 0 Å². The molecule has 0 aliphatic heterocycles. The van der Waals surface area contributed by atoms with Crippen molar-refractivity contribution in [3.63, 3.8) is 0 Å². The minimum Gasteiger partial charge on any atom is -0.294 e. The standard InChI is InChI=1S/C16H22O/c1-6-11-7-9-12(10-8-11)13(17)14-15(2,3)16(14,4)5/h7-10,14H,6H2,1-5H3. The largest absolute Gasteiger partial charge is 0.294 e. The average molecular weight is 230 g/mol. The van der Waals surface area contributed by atoms with E-state index in [1.807, 2.05) is 12.1 Å². The summed E-state index contributed by atoms with van der Waals surface area (Å²) >= 11 is 0. The fraction of sp³-hybridized carbons (Fsp3) is 0.562. The summed E-state index contributed by atoms with van der Waals surface area (Å²) in [5.41, 5.74) is 2.42. The first-order valence-electron chi connectivity index (χ1n) is 6.45. The molecule has 0 radical (unpaired) electrons. The number of benzene rings is 1. The molecule has 0 atom stereocenters. The van der Waals surface area contributed by atoms with Crippen molar-refractivity contribution in [2.45, 2.75) is 41.0 Å². The average Bonchev–Trinajstić information content (AvgIpc) is 2.69. The van der Waals surface area contributed by atoms with E-state index in [4.69, 9.17) is 0 Å². The topological polar surface area (TPSA) is 17.1 Å². The van der Waals surface area contributed by atoms with Crippen LogP contribution < -0.4 is 0 Å². The summed E-state index contributed by atoms with van der Waals surface area (Å²) in [6.45, 7) is 10.9. The lowest BCUT2D eigenvalue weighted by Gasteiger charge is -2.03. The fourth-order valence-corrected chi connectivity index (χ4v) is 2.92. The van der Waals surface area contributed by atoms with E-state index in [1.165, 1.54) is 5.56 Å². The van der Waals surface area contributed by atoms with Gasteiger partial charge in [-0.3, -0.25) is 4.79 Å². The molecule has 0 amide bonds. The van der Waals surface area contributed by atoms with Gasteiger partial charge in [0.1, 0.15) is 0 Å². The Morgan fingerprint density at radius 2 is 1.53 bits per heavy atom. The predicted octanol–water partition coefficient (Wildman–Crippen LogP) is 4.11. The van der Waals surface area contributed by atoms with Gasteiger partial charge in [-0.2, -0.15) is 0 Å². The second-order valence-electron chi connectivity index (χ2n) is 6.29. The van der Waals surface area contributed by atoms with Gasteiger partial charge in [0.2, 0.25) is 0 Å². The molecule has 1 aliphatic rings. The molecule has 1 fully saturated rings. The van der Waals surface area contributed by atoms with Crippen LogP contribution in [-0.2, 0) is 6.42 Å². The molecule has 0 bridgehead atoms. The van der Waals surface area contributed by atoms with E-state index in [0.717, 1.165) is 12.0 Å². The lowest BCUT2D eigenvalue weighted by atomic mass is 10.00. The van der Waals surface area contributed by atoms with Crippen LogP contribution in [0.4, 0.5) is 0 Å². The molecular weight excluding hydrogens is 208 g/mol. The first kappa shape index (κ1) is 12.3. The molecule has 17 heavy (non-hydrogen) atoms. The molecule has 2 rings (SSSR count). The summed E-state index contributed by atoms with van der Waals surface area (Å²) in [7, 11) is 0. The highest BCUT2D eigenvalue weighted by Crippen LogP contribution is 2.69. The summed E-state index contributed by atoms with van der Waals surface area (Å²) in [5.74, 6) is 0.477. The van der Waals surface area contributed by atoms with Gasteiger partial charge >= 0.3 is 0 Å². The van der Waals surface area contributed by atoms with Crippen molar-refractivity contribution >= 4 is 5.78 Å². The lowest BCUT2D eigenvalue weighted by Crippen LogP contribution is -2.07. The van der Waals surface area contributed by atoms with Crippen LogP contribution in [0.2, 0.25) is 0 Å². The van der Waals surface area contributed by atoms with E-state index in [1.54, 1.807) is 0 Å². The van der Waals surface area contributed by atoms with Gasteiger partial charge in [0.15, 0.2) is 5.78 Å². The molecule has 0 N–H and O–H groups in total. The molecule has 0 aromatic heterocycles. The number of rotatable bonds is 3. The maximum atomic E-state index is 12.4. The van der Waals surface area contributed by atoms with Gasteiger partial charge in [0, 0.05) is 11.5 Å². The van der Waals surface area contributed by atoms with Crippen LogP contribution in [0.1, 0.15) is 50.5 Å². The number of aryl methyl sites for hydroxylation is 1. The molecule has 1 heteroatoms. The third-order valence-corrected chi connectivity index (χ3v) is 4.93. The van der Waals surface area contributed by atoms with Crippen LogP contribution in [0.5, 0.6) is 0 Å². The molecule has 0 spiro atoms. The van der Waals surface area contributed by atoms with E-state index in [-0.39, 0.29) is 16.7 Å². The monoisotopic (exact) mass is 230 g/mol. The van der Waals surface area contributed by atoms with Crippen LogP contribution in [-0.4, -0.2) is 5.78 Å². The van der Waals surface area contributed by atoms with Crippen LogP contribution >= 0.6 is 0 Å². The number of hydrogen-bond acceptors (Lipinski definition) is 1. The van der Waals surface area contributed by atoms with Gasteiger partial charge in [-0.1, -0.05) is 58.9 Å². The number of carbonyl (C=O) groups is 1. The van der Waals surface area contributed by atoms with Crippen molar-refractivity contribution < 1.29 is 4.79 Å². The first-order valence-corrected chi connectivity index (χ1v) is 6.45. The molecule has 0 heterocycles. The SMILES string of the molecule is CCc1ccc(C(=O)C2C(C)(C)C2(C)C)cc1. The maximum Gasteiger partial charge on any atom is 0.167 e. The van der Waals surface area contributed by atoms with Crippen LogP contribution in [0.3, 0.4) is 0 Å². The Hall–Kier alpha value is -1.11. The normalized spacial score (nSPS) is 21.2. The summed E-state index contributed by atoms with van der Waals surface area (Å²) in [4.78, 5) is 12.4. The molecule has 1 aromatic carbocycles. The zero-order valence-corrected chi connectivity index (χ0v) is 11.5. The lowest BCUT2D eigenvalue weighted by molar-refractivity contribution is 0.0945. The van der Waals surface area contributed by atoms with E-state index in [0.29, 0.717) is 5.78 Å². The third-order valence-electron chi connectivity index (χ3n) is 4.93. The Kier molecular flexibility index (Phi) is 2.68. The molecule has 0 unspecified atom stereocenters. The van der Waals surface area contributed by atoms with Crippen LogP contribution in [0.15, 0.2) is 24.3 Å². The van der Waals surface area contributed by atoms with Gasteiger partial charge in [-0.05, 0) is 22.8 Å². The van der Waals surface area contributed by atoms with Crippen LogP contribution in [0, 0.1) is 16.7 Å². The fourth-order valence-electron chi connectivity index (χ4n) is 2.92. The summed E-state index contributed by atoms with van der Waals surface area (Å²) in [6, 6.07) is 8.09. The van der Waals surface area contributed by atoms with E-state index < -0.39 is 0 Å². The minimum atomic E-state index is 0.132. The number of hydrogen-bond donors (Lipinski definition) is 0. The quantitative estimate of drug-likeness (QED) is 0.714. The smallest absolute Gasteiger partial charge is 0.167 e.